The molecular weight excluding hydrogens is 358 g/mol. The minimum atomic E-state index is -0.591. The van der Waals surface area contributed by atoms with Gasteiger partial charge in [0.25, 0.3) is 11.8 Å². The van der Waals surface area contributed by atoms with Gasteiger partial charge in [-0.05, 0) is 49.5 Å². The first-order valence-electron chi connectivity index (χ1n) is 9.55. The molecule has 28 heavy (non-hydrogen) atoms. The Balaban J connectivity index is 2.17. The molecule has 0 spiro atoms. The van der Waals surface area contributed by atoms with E-state index in [0.29, 0.717) is 29.6 Å². The Morgan fingerprint density at radius 3 is 2.68 bits per heavy atom. The topological polar surface area (TPSA) is 114 Å². The van der Waals surface area contributed by atoms with Crippen LogP contribution in [-0.4, -0.2) is 31.1 Å². The number of carbonyl (C=O) groups is 2. The van der Waals surface area contributed by atoms with Crippen molar-refractivity contribution in [3.05, 3.63) is 29.3 Å². The van der Waals surface area contributed by atoms with Gasteiger partial charge in [-0.15, -0.1) is 0 Å². The molecule has 0 aromatic heterocycles. The van der Waals surface area contributed by atoms with Gasteiger partial charge in [0, 0.05) is 6.04 Å². The van der Waals surface area contributed by atoms with Crippen LogP contribution in [0.2, 0.25) is 0 Å². The fraction of sp³-hybridized carbons (Fsp3) is 0.476. The Morgan fingerprint density at radius 2 is 2.04 bits per heavy atom. The summed E-state index contributed by atoms with van der Waals surface area (Å²) in [6.07, 6.45) is 5.81. The van der Waals surface area contributed by atoms with Crippen LogP contribution < -0.4 is 20.5 Å². The van der Waals surface area contributed by atoms with E-state index in [1.807, 2.05) is 13.0 Å². The predicted octanol–water partition coefficient (Wildman–Crippen LogP) is 2.55. The van der Waals surface area contributed by atoms with E-state index in [4.69, 9.17) is 15.2 Å². The molecule has 2 atom stereocenters. The third kappa shape index (κ3) is 6.02. The van der Waals surface area contributed by atoms with Gasteiger partial charge in [0.2, 0.25) is 0 Å². The molecule has 2 rings (SSSR count). The van der Waals surface area contributed by atoms with Gasteiger partial charge in [0.1, 0.15) is 11.6 Å². The minimum Gasteiger partial charge on any atom is -0.490 e. The third-order valence-electron chi connectivity index (χ3n) is 4.74. The lowest BCUT2D eigenvalue weighted by Gasteiger charge is -2.29. The molecule has 7 heteroatoms. The monoisotopic (exact) mass is 385 g/mol. The lowest BCUT2D eigenvalue weighted by molar-refractivity contribution is -0.120. The van der Waals surface area contributed by atoms with Gasteiger partial charge < -0.3 is 20.5 Å². The summed E-state index contributed by atoms with van der Waals surface area (Å²) in [5, 5.41) is 12.4. The van der Waals surface area contributed by atoms with Gasteiger partial charge in [-0.2, -0.15) is 5.26 Å². The minimum absolute atomic E-state index is 0.0334. The first-order chi connectivity index (χ1) is 13.4. The molecule has 3 N–H and O–H groups in total. The van der Waals surface area contributed by atoms with E-state index in [0.717, 1.165) is 19.3 Å². The molecule has 0 aliphatic heterocycles. The summed E-state index contributed by atoms with van der Waals surface area (Å²) in [4.78, 5) is 23.5. The van der Waals surface area contributed by atoms with Gasteiger partial charge in [0.15, 0.2) is 18.1 Å². The summed E-state index contributed by atoms with van der Waals surface area (Å²) in [7, 11) is 0. The molecule has 0 unspecified atom stereocenters. The zero-order chi connectivity index (χ0) is 20.5. The number of nitriles is 1. The highest BCUT2D eigenvalue weighted by molar-refractivity contribution is 6.01. The van der Waals surface area contributed by atoms with Crippen molar-refractivity contribution in [2.24, 2.45) is 11.7 Å². The second kappa shape index (κ2) is 10.4. The molecule has 1 aliphatic carbocycles. The normalized spacial score (nSPS) is 19.4. The number of ether oxygens (including phenoxy) is 2. The molecule has 0 radical (unpaired) electrons. The van der Waals surface area contributed by atoms with Gasteiger partial charge in [-0.1, -0.05) is 25.8 Å². The molecule has 0 heterocycles. The molecule has 1 aromatic carbocycles. The molecule has 0 saturated heterocycles. The maximum absolute atomic E-state index is 12.5. The smallest absolute Gasteiger partial charge is 0.262 e. The highest BCUT2D eigenvalue weighted by atomic mass is 16.5. The fourth-order valence-corrected chi connectivity index (χ4v) is 3.24. The number of nitrogens with one attached hydrogen (secondary N) is 1. The number of hydrogen-bond acceptors (Lipinski definition) is 5. The van der Waals surface area contributed by atoms with Crippen molar-refractivity contribution < 1.29 is 19.1 Å². The summed E-state index contributed by atoms with van der Waals surface area (Å²) < 4.78 is 10.9. The number of benzene rings is 1. The molecular formula is C21H27N3O4. The maximum Gasteiger partial charge on any atom is 0.262 e. The molecule has 1 fully saturated rings. The van der Waals surface area contributed by atoms with Crippen molar-refractivity contribution in [3.8, 4) is 17.6 Å². The summed E-state index contributed by atoms with van der Waals surface area (Å²) in [6.45, 7) is 4.07. The van der Waals surface area contributed by atoms with Gasteiger partial charge >= 0.3 is 0 Å². The number of nitrogens with zero attached hydrogens (tertiary/aromatic N) is 1. The Kier molecular flexibility index (Phi) is 7.88. The molecule has 150 valence electrons. The van der Waals surface area contributed by atoms with Crippen molar-refractivity contribution >= 4 is 17.9 Å². The van der Waals surface area contributed by atoms with Crippen LogP contribution in [-0.2, 0) is 9.59 Å². The largest absolute Gasteiger partial charge is 0.490 e. The van der Waals surface area contributed by atoms with Crippen LogP contribution in [0.5, 0.6) is 11.5 Å². The highest BCUT2D eigenvalue weighted by Gasteiger charge is 2.24. The second-order valence-corrected chi connectivity index (χ2v) is 6.91. The average Bonchev–Trinajstić information content (AvgIpc) is 2.67. The molecule has 1 saturated carbocycles. The van der Waals surface area contributed by atoms with E-state index in [9.17, 15) is 14.9 Å². The first-order valence-corrected chi connectivity index (χ1v) is 9.55. The van der Waals surface area contributed by atoms with E-state index < -0.39 is 5.91 Å². The maximum atomic E-state index is 12.5. The van der Waals surface area contributed by atoms with Crippen molar-refractivity contribution in [3.63, 3.8) is 0 Å². The number of primary amides is 1. The Labute approximate surface area is 165 Å². The van der Waals surface area contributed by atoms with E-state index in [1.165, 1.54) is 12.5 Å². The van der Waals surface area contributed by atoms with E-state index in [2.05, 4.69) is 12.2 Å². The third-order valence-corrected chi connectivity index (χ3v) is 4.74. The van der Waals surface area contributed by atoms with Gasteiger partial charge in [-0.3, -0.25) is 9.59 Å². The zero-order valence-electron chi connectivity index (χ0n) is 16.4. The number of rotatable bonds is 8. The summed E-state index contributed by atoms with van der Waals surface area (Å²) in [5.74, 6) is 0.233. The standard InChI is InChI=1S/C21H27N3O4/c1-3-27-19-11-15(8-9-18(19)28-13-20(23)25)10-16(12-22)21(26)24-17-7-5-4-6-14(17)2/h8-11,14,17H,3-7,13H2,1-2H3,(H2,23,25)(H,24,26)/b16-10+/t14-,17+/m1/s1. The van der Waals surface area contributed by atoms with Crippen LogP contribution in [0.15, 0.2) is 23.8 Å². The molecule has 1 aliphatic rings. The van der Waals surface area contributed by atoms with Crippen LogP contribution in [0.4, 0.5) is 0 Å². The summed E-state index contributed by atoms with van der Waals surface area (Å²) in [6, 6.07) is 7.04. The van der Waals surface area contributed by atoms with E-state index in [1.54, 1.807) is 18.2 Å². The van der Waals surface area contributed by atoms with Crippen LogP contribution >= 0.6 is 0 Å². The molecule has 1 aromatic rings. The lowest BCUT2D eigenvalue weighted by Crippen LogP contribution is -2.41. The lowest BCUT2D eigenvalue weighted by atomic mass is 9.86. The Bertz CT molecular complexity index is 782. The fourth-order valence-electron chi connectivity index (χ4n) is 3.24. The van der Waals surface area contributed by atoms with E-state index in [-0.39, 0.29) is 24.1 Å². The van der Waals surface area contributed by atoms with Crippen molar-refractivity contribution in [1.29, 1.82) is 5.26 Å². The van der Waals surface area contributed by atoms with Crippen LogP contribution in [0.3, 0.4) is 0 Å². The number of amides is 2. The zero-order valence-corrected chi connectivity index (χ0v) is 16.4. The van der Waals surface area contributed by atoms with Gasteiger partial charge in [-0.25, -0.2) is 0 Å². The van der Waals surface area contributed by atoms with Crippen molar-refractivity contribution in [1.82, 2.24) is 5.32 Å². The van der Waals surface area contributed by atoms with E-state index >= 15 is 0 Å². The Hall–Kier alpha value is -3.01. The molecule has 0 bridgehead atoms. The van der Waals surface area contributed by atoms with Gasteiger partial charge in [0.05, 0.1) is 6.61 Å². The SMILES string of the molecule is CCOc1cc(/C=C(\C#N)C(=O)N[C@H]2CCCC[C@H]2C)ccc1OCC(N)=O. The van der Waals surface area contributed by atoms with Crippen LogP contribution in [0.25, 0.3) is 6.08 Å². The summed E-state index contributed by atoms with van der Waals surface area (Å²) >= 11 is 0. The average molecular weight is 385 g/mol. The van der Waals surface area contributed by atoms with Crippen LogP contribution in [0.1, 0.15) is 45.1 Å². The highest BCUT2D eigenvalue weighted by Crippen LogP contribution is 2.29. The van der Waals surface area contributed by atoms with Crippen molar-refractivity contribution in [2.45, 2.75) is 45.6 Å². The molecule has 7 nitrogen and oxygen atoms in total. The Morgan fingerprint density at radius 1 is 1.29 bits per heavy atom. The van der Waals surface area contributed by atoms with Crippen molar-refractivity contribution in [2.75, 3.05) is 13.2 Å². The second-order valence-electron chi connectivity index (χ2n) is 6.91. The number of hydrogen-bond donors (Lipinski definition) is 2. The quantitative estimate of drug-likeness (QED) is 0.527. The summed E-state index contributed by atoms with van der Waals surface area (Å²) in [5.41, 5.74) is 5.76. The van der Waals surface area contributed by atoms with Crippen LogP contribution in [0, 0.1) is 17.2 Å². The first kappa shape index (κ1) is 21.3. The number of nitrogens with two attached hydrogens (primary N) is 1. The number of carbonyl (C=O) groups excluding carboxylic acids is 2. The molecule has 2 amide bonds. The predicted molar refractivity (Wildman–Crippen MR) is 105 cm³/mol.